The van der Waals surface area contributed by atoms with Crippen molar-refractivity contribution in [2.75, 3.05) is 0 Å². The van der Waals surface area contributed by atoms with E-state index >= 15 is 0 Å². The quantitative estimate of drug-likeness (QED) is 0.702. The molecule has 0 spiro atoms. The molecule has 0 saturated heterocycles. The van der Waals surface area contributed by atoms with Gasteiger partial charge in [-0.2, -0.15) is 0 Å². The summed E-state index contributed by atoms with van der Waals surface area (Å²) in [6.45, 7) is 10.9. The summed E-state index contributed by atoms with van der Waals surface area (Å²) in [7, 11) is -0.880. The summed E-state index contributed by atoms with van der Waals surface area (Å²) in [5.41, 5.74) is 12.0. The lowest BCUT2D eigenvalue weighted by Crippen LogP contribution is -2.06. The topological polar surface area (TPSA) is 0 Å². The summed E-state index contributed by atoms with van der Waals surface area (Å²) >= 11 is 0. The van der Waals surface area contributed by atoms with Crippen molar-refractivity contribution in [3.8, 4) is 0 Å². The third kappa shape index (κ3) is 4.94. The first-order valence-electron chi connectivity index (χ1n) is 8.29. The third-order valence-electron chi connectivity index (χ3n) is 4.38. The van der Waals surface area contributed by atoms with Gasteiger partial charge in [0.15, 0.2) is 0 Å². The smallest absolute Gasteiger partial charge is 0.107 e. The van der Waals surface area contributed by atoms with Crippen LogP contribution in [0.25, 0.3) is 0 Å². The molecule has 2 aliphatic carbocycles. The average Bonchev–Trinajstić information content (AvgIpc) is 2.53. The Morgan fingerprint density at radius 1 is 0.565 bits per heavy atom. The van der Waals surface area contributed by atoms with Crippen molar-refractivity contribution in [2.24, 2.45) is 0 Å². The van der Waals surface area contributed by atoms with Gasteiger partial charge in [-0.15, -0.1) is 19.7 Å². The highest BCUT2D eigenvalue weighted by molar-refractivity contribution is 6.73. The summed E-state index contributed by atoms with van der Waals surface area (Å²) in [5.74, 6) is 0. The van der Waals surface area contributed by atoms with E-state index in [1.807, 2.05) is 17.1 Å². The Balaban J connectivity index is 0.000000126. The van der Waals surface area contributed by atoms with Crippen molar-refractivity contribution in [2.45, 2.75) is 25.7 Å². The fraction of sp³-hybridized carbons (Fsp3) is 0.182. The number of rotatable bonds is 3. The van der Waals surface area contributed by atoms with Gasteiger partial charge >= 0.3 is 0 Å². The Hall–Kier alpha value is -2.12. The molecule has 23 heavy (non-hydrogen) atoms. The SMILES string of the molecule is C=C[SiH](C=C)C=C.c1ccc2c(c1)CC2.c1ccc2c(c1)CC2. The van der Waals surface area contributed by atoms with E-state index in [9.17, 15) is 0 Å². The van der Waals surface area contributed by atoms with Crippen molar-refractivity contribution in [1.29, 1.82) is 0 Å². The van der Waals surface area contributed by atoms with Crippen LogP contribution in [0.15, 0.2) is 85.4 Å². The number of fused-ring (bicyclic) bond motifs is 2. The first-order valence-corrected chi connectivity index (χ1v) is 10.3. The second kappa shape index (κ2) is 9.11. The van der Waals surface area contributed by atoms with E-state index in [0.29, 0.717) is 0 Å². The van der Waals surface area contributed by atoms with Gasteiger partial charge in [0.2, 0.25) is 0 Å². The van der Waals surface area contributed by atoms with E-state index in [-0.39, 0.29) is 0 Å². The first kappa shape index (κ1) is 17.2. The first-order chi connectivity index (χ1) is 11.3. The summed E-state index contributed by atoms with van der Waals surface area (Å²) < 4.78 is 0. The summed E-state index contributed by atoms with van der Waals surface area (Å²) in [5, 5.41) is 0. The molecular formula is C22H26Si. The zero-order valence-corrected chi connectivity index (χ0v) is 15.0. The highest BCUT2D eigenvalue weighted by atomic mass is 28.3. The van der Waals surface area contributed by atoms with Crippen LogP contribution < -0.4 is 0 Å². The Morgan fingerprint density at radius 3 is 0.913 bits per heavy atom. The molecule has 0 fully saturated rings. The predicted octanol–water partition coefficient (Wildman–Crippen LogP) is 4.96. The molecule has 118 valence electrons. The normalized spacial score (nSPS) is 12.6. The third-order valence-corrected chi connectivity index (χ3v) is 6.01. The highest BCUT2D eigenvalue weighted by Gasteiger charge is 2.09. The van der Waals surface area contributed by atoms with Crippen LogP contribution in [0.1, 0.15) is 22.3 Å². The zero-order valence-electron chi connectivity index (χ0n) is 13.9. The summed E-state index contributed by atoms with van der Waals surface area (Å²) in [4.78, 5) is 0. The van der Waals surface area contributed by atoms with Gasteiger partial charge in [-0.1, -0.05) is 65.6 Å². The molecule has 0 aromatic heterocycles. The predicted molar refractivity (Wildman–Crippen MR) is 105 cm³/mol. The number of hydrogen-bond acceptors (Lipinski definition) is 0. The van der Waals surface area contributed by atoms with Gasteiger partial charge in [0.1, 0.15) is 8.80 Å². The lowest BCUT2D eigenvalue weighted by molar-refractivity contribution is 0.839. The minimum absolute atomic E-state index is 0.880. The van der Waals surface area contributed by atoms with Crippen LogP contribution in [0, 0.1) is 0 Å². The Bertz CT molecular complexity index is 557. The molecule has 2 aromatic rings. The second-order valence-corrected chi connectivity index (χ2v) is 8.39. The average molecular weight is 319 g/mol. The minimum Gasteiger partial charge on any atom is -0.107 e. The van der Waals surface area contributed by atoms with Gasteiger partial charge in [0.25, 0.3) is 0 Å². The lowest BCUT2D eigenvalue weighted by Gasteiger charge is -2.16. The van der Waals surface area contributed by atoms with Gasteiger partial charge in [-0.05, 0) is 47.9 Å². The molecule has 0 heterocycles. The summed E-state index contributed by atoms with van der Waals surface area (Å²) in [6, 6.07) is 17.3. The van der Waals surface area contributed by atoms with E-state index in [0.717, 1.165) is 0 Å². The standard InChI is InChI=1S/2C8H8.C6H10Si/c2*1-2-4-8-6-5-7(8)3-1;1-4-7(5-2)6-3/h2*1-4H,5-6H2;4-7H,1-3H2. The van der Waals surface area contributed by atoms with Gasteiger partial charge in [-0.3, -0.25) is 0 Å². The molecule has 2 aromatic carbocycles. The van der Waals surface area contributed by atoms with Gasteiger partial charge in [0.05, 0.1) is 0 Å². The van der Waals surface area contributed by atoms with Crippen molar-refractivity contribution >= 4 is 8.80 Å². The molecule has 0 unspecified atom stereocenters. The monoisotopic (exact) mass is 318 g/mol. The molecule has 2 aliphatic rings. The fourth-order valence-electron chi connectivity index (χ4n) is 2.56. The number of hydrogen-bond donors (Lipinski definition) is 0. The van der Waals surface area contributed by atoms with E-state index in [4.69, 9.17) is 0 Å². The number of benzene rings is 2. The van der Waals surface area contributed by atoms with Crippen LogP contribution >= 0.6 is 0 Å². The van der Waals surface area contributed by atoms with Gasteiger partial charge in [-0.25, -0.2) is 0 Å². The van der Waals surface area contributed by atoms with E-state index in [1.165, 1.54) is 25.7 Å². The molecule has 4 rings (SSSR count). The molecule has 0 radical (unpaired) electrons. The second-order valence-electron chi connectivity index (χ2n) is 5.82. The van der Waals surface area contributed by atoms with Crippen LogP contribution in [0.4, 0.5) is 0 Å². The van der Waals surface area contributed by atoms with Crippen LogP contribution in [-0.4, -0.2) is 8.80 Å². The highest BCUT2D eigenvalue weighted by Crippen LogP contribution is 2.21. The Labute approximate surface area is 142 Å². The maximum Gasteiger partial charge on any atom is 0.107 e. The molecule has 0 atom stereocenters. The van der Waals surface area contributed by atoms with E-state index in [2.05, 4.69) is 68.3 Å². The van der Waals surface area contributed by atoms with Crippen molar-refractivity contribution < 1.29 is 0 Å². The molecule has 0 saturated carbocycles. The van der Waals surface area contributed by atoms with Crippen LogP contribution in [-0.2, 0) is 25.7 Å². The minimum atomic E-state index is -0.880. The van der Waals surface area contributed by atoms with Crippen LogP contribution in [0.3, 0.4) is 0 Å². The Morgan fingerprint density at radius 2 is 0.826 bits per heavy atom. The zero-order chi connectivity index (χ0) is 16.5. The lowest BCUT2D eigenvalue weighted by atomic mass is 9.89. The molecule has 0 amide bonds. The largest absolute Gasteiger partial charge is 0.107 e. The molecule has 1 heteroatoms. The maximum absolute atomic E-state index is 3.62. The van der Waals surface area contributed by atoms with Crippen LogP contribution in [0.5, 0.6) is 0 Å². The van der Waals surface area contributed by atoms with Crippen molar-refractivity contribution in [1.82, 2.24) is 0 Å². The van der Waals surface area contributed by atoms with E-state index < -0.39 is 8.80 Å². The molecule has 0 N–H and O–H groups in total. The summed E-state index contributed by atoms with van der Waals surface area (Å²) in [6.07, 6.45) is 5.21. The van der Waals surface area contributed by atoms with Crippen molar-refractivity contribution in [3.63, 3.8) is 0 Å². The maximum atomic E-state index is 3.62. The van der Waals surface area contributed by atoms with Gasteiger partial charge < -0.3 is 0 Å². The molecular weight excluding hydrogens is 292 g/mol. The fourth-order valence-corrected chi connectivity index (χ4v) is 3.14. The molecule has 0 aliphatic heterocycles. The number of aryl methyl sites for hydroxylation is 4. The Kier molecular flexibility index (Phi) is 6.83. The van der Waals surface area contributed by atoms with Gasteiger partial charge in [0, 0.05) is 0 Å². The van der Waals surface area contributed by atoms with Crippen LogP contribution in [0.2, 0.25) is 0 Å². The molecule has 0 nitrogen and oxygen atoms in total. The van der Waals surface area contributed by atoms with Crippen molar-refractivity contribution in [3.05, 3.63) is 108 Å². The van der Waals surface area contributed by atoms with E-state index in [1.54, 1.807) is 22.3 Å². The molecule has 0 bridgehead atoms.